The molecular formula is C22H29N3O6. The van der Waals surface area contributed by atoms with E-state index in [0.29, 0.717) is 37.1 Å². The maximum Gasteiger partial charge on any atom is 0.410 e. The van der Waals surface area contributed by atoms with Crippen molar-refractivity contribution in [1.82, 2.24) is 9.47 Å². The summed E-state index contributed by atoms with van der Waals surface area (Å²) < 4.78 is 16.9. The van der Waals surface area contributed by atoms with Crippen molar-refractivity contribution in [2.45, 2.75) is 26.4 Å². The van der Waals surface area contributed by atoms with Gasteiger partial charge in [-0.2, -0.15) is 0 Å². The number of nitrogens with zero attached hydrogens (tertiary/aromatic N) is 3. The van der Waals surface area contributed by atoms with E-state index in [4.69, 9.17) is 14.2 Å². The molecule has 3 rings (SSSR count). The van der Waals surface area contributed by atoms with Gasteiger partial charge in [0.2, 0.25) is 0 Å². The fourth-order valence-electron chi connectivity index (χ4n) is 3.74. The van der Waals surface area contributed by atoms with Gasteiger partial charge in [-0.3, -0.25) is 0 Å². The van der Waals surface area contributed by atoms with Gasteiger partial charge in [-0.25, -0.2) is 14.4 Å². The van der Waals surface area contributed by atoms with Gasteiger partial charge < -0.3 is 28.6 Å². The first-order valence-corrected chi connectivity index (χ1v) is 10.1. The molecule has 0 bridgehead atoms. The maximum atomic E-state index is 12.4. The highest BCUT2D eigenvalue weighted by atomic mass is 16.6. The van der Waals surface area contributed by atoms with Crippen molar-refractivity contribution in [2.24, 2.45) is 7.05 Å². The highest BCUT2D eigenvalue weighted by Crippen LogP contribution is 2.31. The van der Waals surface area contributed by atoms with Crippen LogP contribution in [0.3, 0.4) is 0 Å². The number of rotatable bonds is 3. The Morgan fingerprint density at radius 2 is 1.55 bits per heavy atom. The minimum atomic E-state index is -0.605. The van der Waals surface area contributed by atoms with Gasteiger partial charge in [-0.05, 0) is 39.0 Å². The molecule has 1 fully saturated rings. The fourth-order valence-corrected chi connectivity index (χ4v) is 3.74. The number of anilines is 1. The summed E-state index contributed by atoms with van der Waals surface area (Å²) in [4.78, 5) is 40.8. The maximum absolute atomic E-state index is 12.4. The highest BCUT2D eigenvalue weighted by Gasteiger charge is 2.29. The normalized spacial score (nSPS) is 14.5. The number of carbonyl (C=O) groups excluding carboxylic acids is 3. The van der Waals surface area contributed by atoms with Crippen molar-refractivity contribution in [3.05, 3.63) is 29.5 Å². The van der Waals surface area contributed by atoms with E-state index in [-0.39, 0.29) is 17.4 Å². The van der Waals surface area contributed by atoms with Crippen LogP contribution in [0, 0.1) is 0 Å². The zero-order valence-electron chi connectivity index (χ0n) is 18.9. The smallest absolute Gasteiger partial charge is 0.410 e. The molecular weight excluding hydrogens is 402 g/mol. The predicted octanol–water partition coefficient (Wildman–Crippen LogP) is 2.81. The third-order valence-electron chi connectivity index (χ3n) is 5.25. The second kappa shape index (κ2) is 8.49. The zero-order valence-corrected chi connectivity index (χ0v) is 18.9. The van der Waals surface area contributed by atoms with Crippen LogP contribution in [0.5, 0.6) is 0 Å². The minimum absolute atomic E-state index is 0.149. The van der Waals surface area contributed by atoms with E-state index in [0.717, 1.165) is 5.69 Å². The van der Waals surface area contributed by atoms with E-state index in [2.05, 4.69) is 4.90 Å². The van der Waals surface area contributed by atoms with Crippen molar-refractivity contribution in [2.75, 3.05) is 45.3 Å². The molecule has 0 atom stereocenters. The number of amides is 1. The molecule has 1 aromatic carbocycles. The fraction of sp³-hybridized carbons (Fsp3) is 0.500. The average molecular weight is 431 g/mol. The number of carbonyl (C=O) groups is 3. The summed E-state index contributed by atoms with van der Waals surface area (Å²) in [6.45, 7) is 7.91. The summed E-state index contributed by atoms with van der Waals surface area (Å²) in [6, 6.07) is 5.64. The minimum Gasteiger partial charge on any atom is -0.465 e. The lowest BCUT2D eigenvalue weighted by atomic mass is 10.1. The van der Waals surface area contributed by atoms with Crippen LogP contribution in [0.1, 0.15) is 41.6 Å². The third kappa shape index (κ3) is 4.45. The quantitative estimate of drug-likeness (QED) is 0.545. The van der Waals surface area contributed by atoms with Crippen molar-refractivity contribution < 1.29 is 28.6 Å². The molecule has 2 heterocycles. The van der Waals surface area contributed by atoms with Crippen molar-refractivity contribution in [1.29, 1.82) is 0 Å². The molecule has 168 valence electrons. The van der Waals surface area contributed by atoms with Gasteiger partial charge in [0, 0.05) is 44.3 Å². The molecule has 1 aromatic heterocycles. The van der Waals surface area contributed by atoms with Crippen molar-refractivity contribution in [3.8, 4) is 0 Å². The van der Waals surface area contributed by atoms with E-state index >= 15 is 0 Å². The summed E-state index contributed by atoms with van der Waals surface area (Å²) in [6.07, 6.45) is -0.310. The standard InChI is InChI=1S/C22H29N3O6/c1-22(2,3)31-21(28)25-11-9-24(10-12-25)14-7-8-15-16(13-14)23(4)18(20(27)30-6)17(15)19(26)29-5/h7-8,13H,9-12H2,1-6H3. The Morgan fingerprint density at radius 3 is 2.10 bits per heavy atom. The molecule has 0 spiro atoms. The van der Waals surface area contributed by atoms with Crippen LogP contribution in [-0.4, -0.2) is 73.5 Å². The van der Waals surface area contributed by atoms with Crippen LogP contribution in [0.15, 0.2) is 18.2 Å². The first-order valence-electron chi connectivity index (χ1n) is 10.1. The molecule has 9 heteroatoms. The third-order valence-corrected chi connectivity index (χ3v) is 5.25. The predicted molar refractivity (Wildman–Crippen MR) is 116 cm³/mol. The molecule has 1 saturated heterocycles. The Kier molecular flexibility index (Phi) is 6.15. The molecule has 0 saturated carbocycles. The summed E-state index contributed by atoms with van der Waals surface area (Å²) >= 11 is 0. The summed E-state index contributed by atoms with van der Waals surface area (Å²) in [7, 11) is 4.27. The van der Waals surface area contributed by atoms with Gasteiger partial charge in [0.25, 0.3) is 0 Å². The molecule has 1 aliphatic heterocycles. The first kappa shape index (κ1) is 22.5. The van der Waals surface area contributed by atoms with Gasteiger partial charge in [-0.1, -0.05) is 0 Å². The molecule has 0 unspecified atom stereocenters. The summed E-state index contributed by atoms with van der Waals surface area (Å²) in [5.74, 6) is -1.20. The lowest BCUT2D eigenvalue weighted by Crippen LogP contribution is -2.50. The second-order valence-corrected chi connectivity index (χ2v) is 8.42. The number of methoxy groups -OCH3 is 2. The number of aryl methyl sites for hydroxylation is 1. The van der Waals surface area contributed by atoms with E-state index in [1.54, 1.807) is 16.5 Å². The highest BCUT2D eigenvalue weighted by molar-refractivity contribution is 6.13. The monoisotopic (exact) mass is 431 g/mol. The Labute approximate surface area is 181 Å². The van der Waals surface area contributed by atoms with Crippen LogP contribution in [-0.2, 0) is 21.3 Å². The molecule has 0 N–H and O–H groups in total. The van der Waals surface area contributed by atoms with E-state index < -0.39 is 17.5 Å². The molecule has 0 radical (unpaired) electrons. The number of piperazine rings is 1. The molecule has 2 aromatic rings. The SMILES string of the molecule is COC(=O)c1c(C(=O)OC)n(C)c2cc(N3CCN(C(=O)OC(C)(C)C)CC3)ccc12. The van der Waals surface area contributed by atoms with Crippen LogP contribution < -0.4 is 4.90 Å². The summed E-state index contributed by atoms with van der Waals surface area (Å²) in [5, 5.41) is 0.617. The largest absolute Gasteiger partial charge is 0.465 e. The molecule has 31 heavy (non-hydrogen) atoms. The van der Waals surface area contributed by atoms with Crippen LogP contribution in [0.4, 0.5) is 10.5 Å². The number of esters is 2. The first-order chi connectivity index (χ1) is 14.6. The Hall–Kier alpha value is -3.23. The Bertz CT molecular complexity index is 1010. The lowest BCUT2D eigenvalue weighted by Gasteiger charge is -2.36. The summed E-state index contributed by atoms with van der Waals surface area (Å²) in [5.41, 5.74) is 1.46. The van der Waals surface area contributed by atoms with E-state index in [9.17, 15) is 14.4 Å². The van der Waals surface area contributed by atoms with Crippen LogP contribution in [0.2, 0.25) is 0 Å². The van der Waals surface area contributed by atoms with Gasteiger partial charge in [0.05, 0.1) is 19.7 Å². The van der Waals surface area contributed by atoms with Gasteiger partial charge >= 0.3 is 18.0 Å². The number of ether oxygens (including phenoxy) is 3. The van der Waals surface area contributed by atoms with Crippen molar-refractivity contribution >= 4 is 34.6 Å². The number of aromatic nitrogens is 1. The molecule has 1 aliphatic rings. The Morgan fingerprint density at radius 1 is 0.935 bits per heavy atom. The second-order valence-electron chi connectivity index (χ2n) is 8.42. The van der Waals surface area contributed by atoms with E-state index in [1.807, 2.05) is 39.0 Å². The van der Waals surface area contributed by atoms with Crippen molar-refractivity contribution in [3.63, 3.8) is 0 Å². The molecule has 0 aliphatic carbocycles. The van der Waals surface area contributed by atoms with Crippen LogP contribution in [0.25, 0.3) is 10.9 Å². The van der Waals surface area contributed by atoms with Gasteiger partial charge in [-0.15, -0.1) is 0 Å². The topological polar surface area (TPSA) is 90.3 Å². The zero-order chi connectivity index (χ0) is 22.9. The Balaban J connectivity index is 1.87. The lowest BCUT2D eigenvalue weighted by molar-refractivity contribution is 0.0240. The number of hydrogen-bond donors (Lipinski definition) is 0. The number of hydrogen-bond acceptors (Lipinski definition) is 7. The van der Waals surface area contributed by atoms with Gasteiger partial charge in [0.15, 0.2) is 0 Å². The number of fused-ring (bicyclic) bond motifs is 1. The average Bonchev–Trinajstić information content (AvgIpc) is 3.03. The van der Waals surface area contributed by atoms with E-state index in [1.165, 1.54) is 14.2 Å². The molecule has 9 nitrogen and oxygen atoms in total. The molecule has 1 amide bonds. The van der Waals surface area contributed by atoms with Gasteiger partial charge in [0.1, 0.15) is 16.9 Å². The van der Waals surface area contributed by atoms with Crippen LogP contribution >= 0.6 is 0 Å². The number of benzene rings is 1.